The summed E-state index contributed by atoms with van der Waals surface area (Å²) < 4.78 is 21.5. The summed E-state index contributed by atoms with van der Waals surface area (Å²) in [5.74, 6) is 2.19. The summed E-state index contributed by atoms with van der Waals surface area (Å²) in [5.41, 5.74) is 0.500. The number of carbonyl (C=O) groups is 1. The molecule has 0 saturated heterocycles. The second-order valence-electron chi connectivity index (χ2n) is 4.08. The second kappa shape index (κ2) is 5.69. The first-order chi connectivity index (χ1) is 9.69. The molecule has 20 heavy (non-hydrogen) atoms. The normalized spacial score (nSPS) is 10.2. The summed E-state index contributed by atoms with van der Waals surface area (Å²) >= 11 is 0. The minimum Gasteiger partial charge on any atom is -0.496 e. The lowest BCUT2D eigenvalue weighted by molar-refractivity contribution is 0.112. The summed E-state index contributed by atoms with van der Waals surface area (Å²) in [6.07, 6.45) is 0.762. The van der Waals surface area contributed by atoms with Crippen molar-refractivity contribution in [2.45, 2.75) is 0 Å². The summed E-state index contributed by atoms with van der Waals surface area (Å²) in [6, 6.07) is 5.09. The maximum absolute atomic E-state index is 11.0. The number of hydrogen-bond acceptors (Lipinski definition) is 5. The first kappa shape index (κ1) is 14.0. The molecule has 0 aliphatic heterocycles. The van der Waals surface area contributed by atoms with E-state index in [-0.39, 0.29) is 0 Å². The Morgan fingerprint density at radius 2 is 1.45 bits per heavy atom. The number of methoxy groups -OCH3 is 4. The summed E-state index contributed by atoms with van der Waals surface area (Å²) in [7, 11) is 6.20. The minimum absolute atomic E-state index is 0.500. The van der Waals surface area contributed by atoms with Crippen LogP contribution in [0.4, 0.5) is 0 Å². The van der Waals surface area contributed by atoms with E-state index in [9.17, 15) is 4.79 Å². The standard InChI is InChI=1S/C15H16O5/c1-17-11-7-13(19-3)15(20-4)14-10(11)5-9(8-16)6-12(14)18-2/h5-8H,1-4H3. The molecule has 0 fully saturated rings. The summed E-state index contributed by atoms with van der Waals surface area (Å²) in [5, 5.41) is 1.43. The molecule has 5 nitrogen and oxygen atoms in total. The molecule has 0 saturated carbocycles. The minimum atomic E-state index is 0.500. The monoisotopic (exact) mass is 276 g/mol. The van der Waals surface area contributed by atoms with Crippen molar-refractivity contribution in [2.24, 2.45) is 0 Å². The first-order valence-electron chi connectivity index (χ1n) is 5.96. The molecule has 0 N–H and O–H groups in total. The molecule has 2 aromatic carbocycles. The number of aldehydes is 1. The molecule has 0 aliphatic carbocycles. The molecular formula is C15H16O5. The largest absolute Gasteiger partial charge is 0.496 e. The molecule has 2 aromatic rings. The van der Waals surface area contributed by atoms with Gasteiger partial charge in [-0.15, -0.1) is 0 Å². The molecule has 0 radical (unpaired) electrons. The predicted molar refractivity (Wildman–Crippen MR) is 75.5 cm³/mol. The van der Waals surface area contributed by atoms with Crippen LogP contribution in [-0.2, 0) is 0 Å². The molecule has 5 heteroatoms. The van der Waals surface area contributed by atoms with E-state index in [0.29, 0.717) is 33.9 Å². The number of hydrogen-bond donors (Lipinski definition) is 0. The Hall–Kier alpha value is -2.43. The molecule has 0 aliphatic rings. The van der Waals surface area contributed by atoms with Gasteiger partial charge in [-0.1, -0.05) is 0 Å². The van der Waals surface area contributed by atoms with Gasteiger partial charge in [0.2, 0.25) is 0 Å². The molecule has 0 spiro atoms. The molecule has 0 heterocycles. The maximum Gasteiger partial charge on any atom is 0.172 e. The third-order valence-corrected chi connectivity index (χ3v) is 3.10. The van der Waals surface area contributed by atoms with Gasteiger partial charge in [0, 0.05) is 17.0 Å². The van der Waals surface area contributed by atoms with Crippen LogP contribution in [0.25, 0.3) is 10.8 Å². The molecular weight excluding hydrogens is 260 g/mol. The van der Waals surface area contributed by atoms with E-state index in [0.717, 1.165) is 11.7 Å². The number of benzene rings is 2. The van der Waals surface area contributed by atoms with Crippen molar-refractivity contribution in [3.63, 3.8) is 0 Å². The fraction of sp³-hybridized carbons (Fsp3) is 0.267. The van der Waals surface area contributed by atoms with Crippen molar-refractivity contribution in [2.75, 3.05) is 28.4 Å². The predicted octanol–water partition coefficient (Wildman–Crippen LogP) is 2.69. The van der Waals surface area contributed by atoms with E-state index in [2.05, 4.69) is 0 Å². The Labute approximate surface area is 117 Å². The van der Waals surface area contributed by atoms with Crippen molar-refractivity contribution in [1.82, 2.24) is 0 Å². The van der Waals surface area contributed by atoms with Gasteiger partial charge in [-0.05, 0) is 12.1 Å². The van der Waals surface area contributed by atoms with Gasteiger partial charge < -0.3 is 18.9 Å². The Morgan fingerprint density at radius 1 is 0.800 bits per heavy atom. The summed E-state index contributed by atoms with van der Waals surface area (Å²) in [6.45, 7) is 0. The van der Waals surface area contributed by atoms with Crippen molar-refractivity contribution in [1.29, 1.82) is 0 Å². The van der Waals surface area contributed by atoms with Crippen LogP contribution in [0.3, 0.4) is 0 Å². The van der Waals surface area contributed by atoms with Gasteiger partial charge in [-0.2, -0.15) is 0 Å². The average molecular weight is 276 g/mol. The van der Waals surface area contributed by atoms with E-state index < -0.39 is 0 Å². The van der Waals surface area contributed by atoms with E-state index >= 15 is 0 Å². The quantitative estimate of drug-likeness (QED) is 0.786. The van der Waals surface area contributed by atoms with Crippen LogP contribution in [0.1, 0.15) is 10.4 Å². The smallest absolute Gasteiger partial charge is 0.172 e. The lowest BCUT2D eigenvalue weighted by atomic mass is 10.0. The molecule has 0 bridgehead atoms. The molecule has 0 atom stereocenters. The van der Waals surface area contributed by atoms with Crippen LogP contribution in [0.15, 0.2) is 18.2 Å². The first-order valence-corrected chi connectivity index (χ1v) is 5.96. The maximum atomic E-state index is 11.0. The fourth-order valence-electron chi connectivity index (χ4n) is 2.20. The lowest BCUT2D eigenvalue weighted by Crippen LogP contribution is -1.97. The average Bonchev–Trinajstić information content (AvgIpc) is 2.51. The Morgan fingerprint density at radius 3 is 1.95 bits per heavy atom. The zero-order valence-electron chi connectivity index (χ0n) is 11.9. The highest BCUT2D eigenvalue weighted by Gasteiger charge is 2.18. The molecule has 0 aromatic heterocycles. The van der Waals surface area contributed by atoms with E-state index in [4.69, 9.17) is 18.9 Å². The van der Waals surface area contributed by atoms with Crippen LogP contribution < -0.4 is 18.9 Å². The van der Waals surface area contributed by atoms with Crippen LogP contribution in [0.5, 0.6) is 23.0 Å². The van der Waals surface area contributed by atoms with E-state index in [1.165, 1.54) is 7.11 Å². The Kier molecular flexibility index (Phi) is 3.98. The second-order valence-corrected chi connectivity index (χ2v) is 4.08. The van der Waals surface area contributed by atoms with Crippen molar-refractivity contribution in [3.05, 3.63) is 23.8 Å². The Balaban J connectivity index is 2.97. The molecule has 2 rings (SSSR count). The fourth-order valence-corrected chi connectivity index (χ4v) is 2.20. The zero-order chi connectivity index (χ0) is 14.7. The van der Waals surface area contributed by atoms with Crippen LogP contribution in [0, 0.1) is 0 Å². The van der Waals surface area contributed by atoms with Crippen molar-refractivity contribution >= 4 is 17.1 Å². The van der Waals surface area contributed by atoms with E-state index in [1.54, 1.807) is 39.5 Å². The van der Waals surface area contributed by atoms with Crippen molar-refractivity contribution < 1.29 is 23.7 Å². The SMILES string of the molecule is COc1cc(OC)c2cc(C=O)cc(OC)c2c1OC. The van der Waals surface area contributed by atoms with E-state index in [1.807, 2.05) is 0 Å². The number of fused-ring (bicyclic) bond motifs is 1. The number of carbonyl (C=O) groups excluding carboxylic acids is 1. The molecule has 0 amide bonds. The number of rotatable bonds is 5. The topological polar surface area (TPSA) is 54.0 Å². The summed E-state index contributed by atoms with van der Waals surface area (Å²) in [4.78, 5) is 11.0. The molecule has 0 unspecified atom stereocenters. The third-order valence-electron chi connectivity index (χ3n) is 3.10. The van der Waals surface area contributed by atoms with Gasteiger partial charge in [0.25, 0.3) is 0 Å². The number of ether oxygens (including phenoxy) is 4. The highest BCUT2D eigenvalue weighted by Crippen LogP contribution is 2.45. The highest BCUT2D eigenvalue weighted by atomic mass is 16.5. The zero-order valence-corrected chi connectivity index (χ0v) is 11.9. The van der Waals surface area contributed by atoms with Gasteiger partial charge in [0.1, 0.15) is 17.8 Å². The van der Waals surface area contributed by atoms with Crippen molar-refractivity contribution in [3.8, 4) is 23.0 Å². The third kappa shape index (κ3) is 2.11. The molecule has 106 valence electrons. The van der Waals surface area contributed by atoms with Gasteiger partial charge in [-0.25, -0.2) is 0 Å². The van der Waals surface area contributed by atoms with Gasteiger partial charge in [-0.3, -0.25) is 4.79 Å². The van der Waals surface area contributed by atoms with Gasteiger partial charge in [0.05, 0.1) is 33.8 Å². The van der Waals surface area contributed by atoms with Crippen LogP contribution in [-0.4, -0.2) is 34.7 Å². The van der Waals surface area contributed by atoms with Crippen LogP contribution >= 0.6 is 0 Å². The highest BCUT2D eigenvalue weighted by molar-refractivity contribution is 6.02. The lowest BCUT2D eigenvalue weighted by Gasteiger charge is -2.16. The van der Waals surface area contributed by atoms with Gasteiger partial charge >= 0.3 is 0 Å². The van der Waals surface area contributed by atoms with Crippen LogP contribution in [0.2, 0.25) is 0 Å². The Bertz CT molecular complexity index is 648. The van der Waals surface area contributed by atoms with Gasteiger partial charge in [0.15, 0.2) is 11.5 Å².